The molecule has 1 aromatic heterocycles. The predicted octanol–water partition coefficient (Wildman–Crippen LogP) is -0.568. The van der Waals surface area contributed by atoms with Crippen molar-refractivity contribution in [1.29, 1.82) is 0 Å². The fraction of sp³-hybridized carbons (Fsp3) is 0.545. The molecule has 2 amide bonds. The number of rotatable bonds is 2. The van der Waals surface area contributed by atoms with E-state index in [0.717, 1.165) is 0 Å². The Morgan fingerprint density at radius 2 is 2.11 bits per heavy atom. The number of nitrogens with zero attached hydrogens (tertiary/aromatic N) is 4. The van der Waals surface area contributed by atoms with Crippen molar-refractivity contribution in [2.75, 3.05) is 11.9 Å². The van der Waals surface area contributed by atoms with Gasteiger partial charge in [0.2, 0.25) is 0 Å². The molecule has 19 heavy (non-hydrogen) atoms. The van der Waals surface area contributed by atoms with Crippen molar-refractivity contribution in [3.8, 4) is 0 Å². The lowest BCUT2D eigenvalue weighted by molar-refractivity contribution is 0.221. The largest absolute Gasteiger partial charge is 0.336 e. The number of likely N-dealkylation sites (N-methyl/N-ethyl adjacent to an activating group) is 1. The molecule has 100 valence electrons. The van der Waals surface area contributed by atoms with Crippen LogP contribution in [0.3, 0.4) is 0 Å². The third-order valence-electron chi connectivity index (χ3n) is 3.85. The van der Waals surface area contributed by atoms with Crippen LogP contribution in [0.15, 0.2) is 12.3 Å². The summed E-state index contributed by atoms with van der Waals surface area (Å²) in [6, 6.07) is 1.33. The second-order valence-electron chi connectivity index (χ2n) is 5.74. The molecule has 0 aromatic carbocycles. The van der Waals surface area contributed by atoms with E-state index in [9.17, 15) is 9.18 Å². The van der Waals surface area contributed by atoms with Gasteiger partial charge in [0.1, 0.15) is 21.5 Å². The van der Waals surface area contributed by atoms with E-state index >= 15 is 0 Å². The highest BCUT2D eigenvalue weighted by Crippen LogP contribution is 2.34. The quantitative estimate of drug-likeness (QED) is 0.529. The van der Waals surface area contributed by atoms with Crippen molar-refractivity contribution in [3.63, 3.8) is 0 Å². The third-order valence-corrected chi connectivity index (χ3v) is 3.85. The maximum absolute atomic E-state index is 13.2. The van der Waals surface area contributed by atoms with Crippen LogP contribution in [-0.2, 0) is 0 Å². The monoisotopic (exact) mass is 262 g/mol. The van der Waals surface area contributed by atoms with Crippen LogP contribution in [0.5, 0.6) is 0 Å². The molecule has 2 heterocycles. The topological polar surface area (TPSA) is 49.3 Å². The molecule has 1 aliphatic heterocycles. The first-order chi connectivity index (χ1) is 8.76. The van der Waals surface area contributed by atoms with Gasteiger partial charge in [0.15, 0.2) is 0 Å². The van der Waals surface area contributed by atoms with Gasteiger partial charge in [-0.25, -0.2) is 9.78 Å². The minimum Gasteiger partial charge on any atom is -0.336 e. The molecule has 0 saturated carbocycles. The minimum absolute atomic E-state index is 0.0701. The highest BCUT2D eigenvalue weighted by atomic mass is 19.1. The molecule has 1 fully saturated rings. The standard InChI is InChI=1S/C11H17B2FN4O/c1-6(2)8-11(12,13)17(3)10(19)18(8)7-4-5-15-9(14)16-7/h4-6,8H,12-13H2,1-3H3. The van der Waals surface area contributed by atoms with E-state index < -0.39 is 6.08 Å². The van der Waals surface area contributed by atoms with Crippen LogP contribution in [0.4, 0.5) is 15.0 Å². The fourth-order valence-electron chi connectivity index (χ4n) is 2.86. The Bertz CT molecular complexity index is 511. The number of aromatic nitrogens is 2. The molecule has 0 spiro atoms. The van der Waals surface area contributed by atoms with Crippen molar-refractivity contribution in [3.05, 3.63) is 18.3 Å². The van der Waals surface area contributed by atoms with Crippen LogP contribution in [0.2, 0.25) is 0 Å². The second kappa shape index (κ2) is 4.51. The summed E-state index contributed by atoms with van der Waals surface area (Å²) in [5, 5.41) is -0.341. The van der Waals surface area contributed by atoms with Gasteiger partial charge in [-0.2, -0.15) is 9.37 Å². The first-order valence-electron chi connectivity index (χ1n) is 6.32. The Morgan fingerprint density at radius 1 is 1.47 bits per heavy atom. The highest BCUT2D eigenvalue weighted by molar-refractivity contribution is 6.43. The number of halogens is 1. The van der Waals surface area contributed by atoms with Gasteiger partial charge >= 0.3 is 12.1 Å². The minimum atomic E-state index is -0.819. The average Bonchev–Trinajstić information content (AvgIpc) is 2.49. The zero-order valence-corrected chi connectivity index (χ0v) is 11.9. The van der Waals surface area contributed by atoms with Crippen LogP contribution in [0, 0.1) is 12.0 Å². The Kier molecular flexibility index (Phi) is 3.28. The lowest BCUT2D eigenvalue weighted by Gasteiger charge is -2.36. The van der Waals surface area contributed by atoms with Crippen LogP contribution in [0.1, 0.15) is 13.8 Å². The summed E-state index contributed by atoms with van der Waals surface area (Å²) >= 11 is 0. The van der Waals surface area contributed by atoms with Crippen LogP contribution in [0.25, 0.3) is 0 Å². The molecule has 0 radical (unpaired) electrons. The number of urea groups is 1. The van der Waals surface area contributed by atoms with E-state index in [1.54, 1.807) is 22.9 Å². The van der Waals surface area contributed by atoms with E-state index in [0.29, 0.717) is 5.82 Å². The molecule has 2 rings (SSSR count). The molecule has 0 aliphatic carbocycles. The van der Waals surface area contributed by atoms with Crippen molar-refractivity contribution >= 4 is 27.5 Å². The molecular weight excluding hydrogens is 245 g/mol. The van der Waals surface area contributed by atoms with Gasteiger partial charge in [0.25, 0.3) is 0 Å². The third kappa shape index (κ3) is 2.09. The van der Waals surface area contributed by atoms with Crippen molar-refractivity contribution < 1.29 is 9.18 Å². The molecule has 1 unspecified atom stereocenters. The van der Waals surface area contributed by atoms with E-state index in [1.807, 2.05) is 29.5 Å². The predicted molar refractivity (Wildman–Crippen MR) is 76.1 cm³/mol. The molecule has 5 nitrogen and oxygen atoms in total. The lowest BCUT2D eigenvalue weighted by atomic mass is 9.55. The van der Waals surface area contributed by atoms with E-state index in [1.165, 1.54) is 6.20 Å². The van der Waals surface area contributed by atoms with Gasteiger partial charge in [0.05, 0.1) is 6.04 Å². The molecule has 1 aliphatic rings. The van der Waals surface area contributed by atoms with Gasteiger partial charge in [-0.15, -0.1) is 0 Å². The van der Waals surface area contributed by atoms with Gasteiger partial charge < -0.3 is 4.90 Å². The summed E-state index contributed by atoms with van der Waals surface area (Å²) in [7, 11) is 5.77. The summed E-state index contributed by atoms with van der Waals surface area (Å²) in [6.07, 6.45) is 0.508. The summed E-state index contributed by atoms with van der Waals surface area (Å²) < 4.78 is 13.2. The van der Waals surface area contributed by atoms with Gasteiger partial charge in [-0.3, -0.25) is 4.90 Å². The summed E-state index contributed by atoms with van der Waals surface area (Å²) in [4.78, 5) is 22.8. The van der Waals surface area contributed by atoms with Crippen LogP contribution < -0.4 is 4.90 Å². The van der Waals surface area contributed by atoms with Crippen LogP contribution in [-0.4, -0.2) is 55.0 Å². The van der Waals surface area contributed by atoms with E-state index in [4.69, 9.17) is 0 Å². The molecule has 8 heteroatoms. The Balaban J connectivity index is 2.51. The molecule has 1 aromatic rings. The molecule has 0 bridgehead atoms. The summed E-state index contributed by atoms with van der Waals surface area (Å²) in [6.45, 7) is 4.09. The Labute approximate surface area is 114 Å². The second-order valence-corrected chi connectivity index (χ2v) is 5.74. The normalized spacial score (nSPS) is 22.4. The number of hydrogen-bond acceptors (Lipinski definition) is 3. The smallest absolute Gasteiger partial charge is 0.324 e. The van der Waals surface area contributed by atoms with E-state index in [-0.39, 0.29) is 23.3 Å². The van der Waals surface area contributed by atoms with Gasteiger partial charge in [-0.05, 0) is 12.0 Å². The number of hydrogen-bond donors (Lipinski definition) is 0. The van der Waals surface area contributed by atoms with E-state index in [2.05, 4.69) is 9.97 Å². The molecule has 1 atom stereocenters. The zero-order chi connectivity index (χ0) is 14.4. The Hall–Kier alpha value is -1.59. The van der Waals surface area contributed by atoms with Gasteiger partial charge in [-0.1, -0.05) is 13.8 Å². The van der Waals surface area contributed by atoms with Gasteiger partial charge in [0, 0.05) is 18.6 Å². The number of carbonyl (C=O) groups is 1. The highest BCUT2D eigenvalue weighted by Gasteiger charge is 2.51. The fourth-order valence-corrected chi connectivity index (χ4v) is 2.86. The molecular formula is C11H17B2FN4O. The first kappa shape index (κ1) is 13.8. The van der Waals surface area contributed by atoms with Crippen molar-refractivity contribution in [2.24, 2.45) is 5.92 Å². The van der Waals surface area contributed by atoms with Crippen molar-refractivity contribution in [2.45, 2.75) is 25.2 Å². The number of amides is 2. The number of carbonyl (C=O) groups excluding carboxylic acids is 1. The first-order valence-corrected chi connectivity index (χ1v) is 6.32. The Morgan fingerprint density at radius 3 is 2.63 bits per heavy atom. The lowest BCUT2D eigenvalue weighted by Crippen LogP contribution is -2.54. The van der Waals surface area contributed by atoms with Crippen LogP contribution >= 0.6 is 0 Å². The number of anilines is 1. The maximum Gasteiger partial charge on any atom is 0.324 e. The molecule has 1 saturated heterocycles. The van der Waals surface area contributed by atoms with Crippen molar-refractivity contribution in [1.82, 2.24) is 14.9 Å². The molecule has 0 N–H and O–H groups in total. The maximum atomic E-state index is 13.2. The summed E-state index contributed by atoms with van der Waals surface area (Å²) in [5.74, 6) is 0.538. The summed E-state index contributed by atoms with van der Waals surface area (Å²) in [5.41, 5.74) is 0. The zero-order valence-electron chi connectivity index (χ0n) is 11.9. The SMILES string of the molecule is BC1(B)C(C(C)C)N(c2ccnc(F)n2)C(=O)N1C. The average molecular weight is 262 g/mol.